The van der Waals surface area contributed by atoms with Gasteiger partial charge in [0.25, 0.3) is 5.91 Å². The van der Waals surface area contributed by atoms with E-state index in [0.717, 1.165) is 16.7 Å². The van der Waals surface area contributed by atoms with E-state index in [4.69, 9.17) is 20.8 Å². The van der Waals surface area contributed by atoms with E-state index in [9.17, 15) is 4.79 Å². The lowest BCUT2D eigenvalue weighted by Crippen LogP contribution is -2.20. The maximum atomic E-state index is 12.3. The van der Waals surface area contributed by atoms with E-state index < -0.39 is 0 Å². The number of rotatable bonds is 5. The molecule has 1 N–H and O–H groups in total. The fraction of sp³-hybridized carbons (Fsp3) is 0.130. The van der Waals surface area contributed by atoms with Gasteiger partial charge in [-0.3, -0.25) is 4.79 Å². The number of anilines is 1. The summed E-state index contributed by atoms with van der Waals surface area (Å²) in [6.45, 7) is 3.90. The number of benzene rings is 3. The third-order valence-corrected chi connectivity index (χ3v) is 5.02. The van der Waals surface area contributed by atoms with E-state index in [1.54, 1.807) is 24.3 Å². The molecule has 0 spiro atoms. The van der Waals surface area contributed by atoms with Crippen LogP contribution in [-0.2, 0) is 4.79 Å². The fourth-order valence-electron chi connectivity index (χ4n) is 2.97. The third-order valence-electron chi connectivity index (χ3n) is 4.69. The first-order valence-electron chi connectivity index (χ1n) is 9.15. The Morgan fingerprint density at radius 1 is 1.10 bits per heavy atom. The Bertz CT molecular complexity index is 1200. The smallest absolute Gasteiger partial charge is 0.262 e. The molecule has 29 heavy (non-hydrogen) atoms. The Hall–Kier alpha value is -3.31. The number of aromatic nitrogens is 1. The highest BCUT2D eigenvalue weighted by Crippen LogP contribution is 2.30. The Balaban J connectivity index is 1.47. The minimum Gasteiger partial charge on any atom is -0.483 e. The van der Waals surface area contributed by atoms with Crippen molar-refractivity contribution in [3.8, 4) is 17.2 Å². The molecule has 5 nitrogen and oxygen atoms in total. The zero-order valence-corrected chi connectivity index (χ0v) is 16.8. The molecule has 1 heterocycles. The minimum absolute atomic E-state index is 0.0798. The highest BCUT2D eigenvalue weighted by molar-refractivity contribution is 6.33. The van der Waals surface area contributed by atoms with Crippen LogP contribution in [0.15, 0.2) is 65.1 Å². The summed E-state index contributed by atoms with van der Waals surface area (Å²) < 4.78 is 11.5. The predicted octanol–water partition coefficient (Wildman–Crippen LogP) is 5.78. The Labute approximate surface area is 173 Å². The van der Waals surface area contributed by atoms with Crippen molar-refractivity contribution in [3.63, 3.8) is 0 Å². The molecule has 0 fully saturated rings. The van der Waals surface area contributed by atoms with Crippen LogP contribution in [0.4, 0.5) is 5.69 Å². The maximum Gasteiger partial charge on any atom is 0.262 e. The Morgan fingerprint density at radius 2 is 1.93 bits per heavy atom. The quantitative estimate of drug-likeness (QED) is 0.456. The molecule has 3 aromatic carbocycles. The molecule has 4 aromatic rings. The molecule has 0 unspecified atom stereocenters. The number of nitrogens with zero attached hydrogens (tertiary/aromatic N) is 1. The van der Waals surface area contributed by atoms with E-state index in [0.29, 0.717) is 33.4 Å². The standard InChI is InChI=1S/C23H19ClN2O3/c1-14-6-5-9-20(15(14)2)28-13-22(27)25-16-10-11-19-21(12-16)29-23(26-19)17-7-3-4-8-18(17)24/h3-12H,13H2,1-2H3,(H,25,27). The van der Waals surface area contributed by atoms with Crippen molar-refractivity contribution < 1.29 is 13.9 Å². The van der Waals surface area contributed by atoms with Crippen molar-refractivity contribution in [2.45, 2.75) is 13.8 Å². The number of hydrogen-bond acceptors (Lipinski definition) is 4. The van der Waals surface area contributed by atoms with Crippen LogP contribution in [0.1, 0.15) is 11.1 Å². The summed E-state index contributed by atoms with van der Waals surface area (Å²) in [5.74, 6) is 0.888. The monoisotopic (exact) mass is 406 g/mol. The van der Waals surface area contributed by atoms with Crippen molar-refractivity contribution in [2.24, 2.45) is 0 Å². The second kappa shape index (κ2) is 7.97. The second-order valence-corrected chi connectivity index (χ2v) is 7.12. The van der Waals surface area contributed by atoms with Crippen LogP contribution in [0.3, 0.4) is 0 Å². The van der Waals surface area contributed by atoms with Crippen molar-refractivity contribution in [1.29, 1.82) is 0 Å². The predicted molar refractivity (Wildman–Crippen MR) is 114 cm³/mol. The maximum absolute atomic E-state index is 12.3. The molecule has 6 heteroatoms. The van der Waals surface area contributed by atoms with Gasteiger partial charge in [0.2, 0.25) is 5.89 Å². The number of amides is 1. The molecule has 0 saturated heterocycles. The van der Waals surface area contributed by atoms with Crippen LogP contribution in [0.25, 0.3) is 22.6 Å². The normalized spacial score (nSPS) is 10.9. The summed E-state index contributed by atoms with van der Waals surface area (Å²) in [6.07, 6.45) is 0. The van der Waals surface area contributed by atoms with E-state index in [1.165, 1.54) is 0 Å². The number of ether oxygens (including phenoxy) is 1. The number of nitrogens with one attached hydrogen (secondary N) is 1. The topological polar surface area (TPSA) is 64.4 Å². The number of carbonyl (C=O) groups excluding carboxylic acids is 1. The van der Waals surface area contributed by atoms with Crippen LogP contribution >= 0.6 is 11.6 Å². The third kappa shape index (κ3) is 4.10. The molecular formula is C23H19ClN2O3. The Kier molecular flexibility index (Phi) is 5.23. The summed E-state index contributed by atoms with van der Waals surface area (Å²) in [4.78, 5) is 16.8. The largest absolute Gasteiger partial charge is 0.483 e. The summed E-state index contributed by atoms with van der Waals surface area (Å²) >= 11 is 6.22. The lowest BCUT2D eigenvalue weighted by atomic mass is 10.1. The van der Waals surface area contributed by atoms with Crippen molar-refractivity contribution in [1.82, 2.24) is 4.98 Å². The van der Waals surface area contributed by atoms with E-state index >= 15 is 0 Å². The molecule has 146 valence electrons. The number of halogens is 1. The summed E-state index contributed by atoms with van der Waals surface area (Å²) in [5.41, 5.74) is 4.72. The average Bonchev–Trinajstić information content (AvgIpc) is 3.12. The molecule has 0 bridgehead atoms. The molecule has 0 radical (unpaired) electrons. The SMILES string of the molecule is Cc1cccc(OCC(=O)Nc2ccc3nc(-c4ccccc4Cl)oc3c2)c1C. The highest BCUT2D eigenvalue weighted by Gasteiger charge is 2.13. The molecule has 0 saturated carbocycles. The molecule has 0 aliphatic rings. The molecule has 0 aliphatic heterocycles. The summed E-state index contributed by atoms with van der Waals surface area (Å²) in [7, 11) is 0. The molecule has 1 aromatic heterocycles. The number of fused-ring (bicyclic) bond motifs is 1. The highest BCUT2D eigenvalue weighted by atomic mass is 35.5. The second-order valence-electron chi connectivity index (χ2n) is 6.72. The van der Waals surface area contributed by atoms with Crippen molar-refractivity contribution >= 4 is 34.3 Å². The zero-order chi connectivity index (χ0) is 20.4. The lowest BCUT2D eigenvalue weighted by Gasteiger charge is -2.11. The van der Waals surface area contributed by atoms with Gasteiger partial charge >= 0.3 is 0 Å². The summed E-state index contributed by atoms with van der Waals surface area (Å²) in [6, 6.07) is 18.4. The van der Waals surface area contributed by atoms with Gasteiger partial charge in [-0.1, -0.05) is 35.9 Å². The molecule has 1 amide bonds. The first-order valence-corrected chi connectivity index (χ1v) is 9.53. The van der Waals surface area contributed by atoms with Gasteiger partial charge in [0.1, 0.15) is 11.3 Å². The van der Waals surface area contributed by atoms with Crippen LogP contribution in [0.5, 0.6) is 5.75 Å². The van der Waals surface area contributed by atoms with Gasteiger partial charge in [-0.15, -0.1) is 0 Å². The van der Waals surface area contributed by atoms with Crippen LogP contribution < -0.4 is 10.1 Å². The number of aryl methyl sites for hydroxylation is 1. The molecular weight excluding hydrogens is 388 g/mol. The first kappa shape index (κ1) is 19.0. The van der Waals surface area contributed by atoms with Gasteiger partial charge in [0, 0.05) is 11.8 Å². The number of oxazole rings is 1. The first-order chi connectivity index (χ1) is 14.0. The van der Waals surface area contributed by atoms with Gasteiger partial charge in [-0.25, -0.2) is 4.98 Å². The van der Waals surface area contributed by atoms with Gasteiger partial charge < -0.3 is 14.5 Å². The van der Waals surface area contributed by atoms with Crippen LogP contribution in [0, 0.1) is 13.8 Å². The summed E-state index contributed by atoms with van der Waals surface area (Å²) in [5, 5.41) is 3.39. The molecule has 0 atom stereocenters. The number of carbonyl (C=O) groups is 1. The van der Waals surface area contributed by atoms with Gasteiger partial charge in [0.15, 0.2) is 12.2 Å². The van der Waals surface area contributed by atoms with Crippen molar-refractivity contribution in [2.75, 3.05) is 11.9 Å². The van der Waals surface area contributed by atoms with E-state index in [-0.39, 0.29) is 12.5 Å². The van der Waals surface area contributed by atoms with Gasteiger partial charge in [0.05, 0.1) is 10.6 Å². The fourth-order valence-corrected chi connectivity index (χ4v) is 3.19. The Morgan fingerprint density at radius 3 is 2.76 bits per heavy atom. The molecule has 0 aliphatic carbocycles. The number of hydrogen-bond donors (Lipinski definition) is 1. The molecule has 4 rings (SSSR count). The van der Waals surface area contributed by atoms with Crippen molar-refractivity contribution in [3.05, 3.63) is 76.8 Å². The van der Waals surface area contributed by atoms with E-state index in [1.807, 2.05) is 50.2 Å². The lowest BCUT2D eigenvalue weighted by molar-refractivity contribution is -0.118. The zero-order valence-electron chi connectivity index (χ0n) is 16.0. The van der Waals surface area contributed by atoms with Gasteiger partial charge in [-0.2, -0.15) is 0 Å². The van der Waals surface area contributed by atoms with Crippen LogP contribution in [0.2, 0.25) is 5.02 Å². The average molecular weight is 407 g/mol. The van der Waals surface area contributed by atoms with E-state index in [2.05, 4.69) is 10.3 Å². The minimum atomic E-state index is -0.254. The van der Waals surface area contributed by atoms with Crippen LogP contribution in [-0.4, -0.2) is 17.5 Å². The van der Waals surface area contributed by atoms with Gasteiger partial charge in [-0.05, 0) is 55.3 Å².